The van der Waals surface area contributed by atoms with E-state index in [2.05, 4.69) is 4.18 Å². The van der Waals surface area contributed by atoms with E-state index in [1.807, 2.05) is 0 Å². The molecular weight excluding hydrogens is 220 g/mol. The monoisotopic (exact) mass is 230 g/mol. The molecule has 0 radical (unpaired) electrons. The molecule has 0 saturated carbocycles. The van der Waals surface area contributed by atoms with Crippen LogP contribution in [0, 0.1) is 0 Å². The van der Waals surface area contributed by atoms with Gasteiger partial charge in [0.15, 0.2) is 6.10 Å². The Morgan fingerprint density at radius 1 is 1.33 bits per heavy atom. The number of aliphatic carboxylic acids is 1. The van der Waals surface area contributed by atoms with E-state index in [-0.39, 0.29) is 4.90 Å². The normalized spacial score (nSPS) is 13.4. The maximum absolute atomic E-state index is 11.5. The lowest BCUT2D eigenvalue weighted by Crippen LogP contribution is -2.23. The number of hydrogen-bond donors (Lipinski definition) is 1. The van der Waals surface area contributed by atoms with Crippen molar-refractivity contribution in [1.29, 1.82) is 0 Å². The third-order valence-electron chi connectivity index (χ3n) is 1.65. The van der Waals surface area contributed by atoms with Crippen LogP contribution in [-0.4, -0.2) is 25.6 Å². The Bertz CT molecular complexity index is 437. The largest absolute Gasteiger partial charge is 0.479 e. The van der Waals surface area contributed by atoms with Crippen molar-refractivity contribution in [3.63, 3.8) is 0 Å². The molecule has 0 spiro atoms. The predicted octanol–water partition coefficient (Wildman–Crippen LogP) is 0.865. The van der Waals surface area contributed by atoms with Crippen molar-refractivity contribution in [2.24, 2.45) is 0 Å². The van der Waals surface area contributed by atoms with Crippen LogP contribution in [0.3, 0.4) is 0 Å². The average Bonchev–Trinajstić information content (AvgIpc) is 2.18. The molecule has 0 saturated heterocycles. The van der Waals surface area contributed by atoms with Gasteiger partial charge in [0.2, 0.25) is 0 Å². The summed E-state index contributed by atoms with van der Waals surface area (Å²) >= 11 is 0. The van der Waals surface area contributed by atoms with Crippen LogP contribution < -0.4 is 0 Å². The van der Waals surface area contributed by atoms with Crippen LogP contribution in [0.5, 0.6) is 0 Å². The number of carboxylic acid groups (broad SMARTS) is 1. The van der Waals surface area contributed by atoms with Gasteiger partial charge in [-0.1, -0.05) is 18.2 Å². The molecule has 1 rings (SSSR count). The molecule has 0 amide bonds. The molecule has 0 heterocycles. The van der Waals surface area contributed by atoms with Gasteiger partial charge in [0.25, 0.3) is 10.1 Å². The van der Waals surface area contributed by atoms with Crippen molar-refractivity contribution in [1.82, 2.24) is 0 Å². The van der Waals surface area contributed by atoms with E-state index in [9.17, 15) is 13.2 Å². The van der Waals surface area contributed by atoms with Crippen LogP contribution in [-0.2, 0) is 19.1 Å². The fourth-order valence-corrected chi connectivity index (χ4v) is 1.94. The van der Waals surface area contributed by atoms with E-state index in [1.54, 1.807) is 6.07 Å². The van der Waals surface area contributed by atoms with Gasteiger partial charge >= 0.3 is 5.97 Å². The molecule has 0 bridgehead atoms. The highest BCUT2D eigenvalue weighted by Crippen LogP contribution is 2.13. The molecule has 0 aliphatic heterocycles. The van der Waals surface area contributed by atoms with Crippen molar-refractivity contribution < 1.29 is 22.5 Å². The van der Waals surface area contributed by atoms with Crippen molar-refractivity contribution in [3.8, 4) is 0 Å². The topological polar surface area (TPSA) is 80.7 Å². The first-order valence-electron chi connectivity index (χ1n) is 4.14. The van der Waals surface area contributed by atoms with E-state index < -0.39 is 22.2 Å². The van der Waals surface area contributed by atoms with Gasteiger partial charge in [-0.2, -0.15) is 8.42 Å². The van der Waals surface area contributed by atoms with Gasteiger partial charge in [-0.25, -0.2) is 4.79 Å². The highest BCUT2D eigenvalue weighted by Gasteiger charge is 2.22. The Morgan fingerprint density at radius 3 is 2.33 bits per heavy atom. The SMILES string of the molecule is CC(OS(=O)(=O)c1ccccc1)C(=O)O. The molecule has 82 valence electrons. The van der Waals surface area contributed by atoms with E-state index in [0.717, 1.165) is 6.92 Å². The minimum absolute atomic E-state index is 0.0573. The van der Waals surface area contributed by atoms with Gasteiger partial charge in [0.1, 0.15) is 0 Å². The predicted molar refractivity (Wildman–Crippen MR) is 51.8 cm³/mol. The van der Waals surface area contributed by atoms with Crippen molar-refractivity contribution in [3.05, 3.63) is 30.3 Å². The summed E-state index contributed by atoms with van der Waals surface area (Å²) in [4.78, 5) is 10.4. The van der Waals surface area contributed by atoms with Gasteiger partial charge in [0, 0.05) is 0 Å². The summed E-state index contributed by atoms with van der Waals surface area (Å²) < 4.78 is 27.4. The Balaban J connectivity index is 2.91. The van der Waals surface area contributed by atoms with Gasteiger partial charge in [-0.15, -0.1) is 0 Å². The second kappa shape index (κ2) is 4.41. The summed E-state index contributed by atoms with van der Waals surface area (Å²) in [5, 5.41) is 8.50. The molecule has 1 atom stereocenters. The van der Waals surface area contributed by atoms with Gasteiger partial charge in [-0.05, 0) is 19.1 Å². The summed E-state index contributed by atoms with van der Waals surface area (Å²) in [6.07, 6.45) is -1.39. The van der Waals surface area contributed by atoms with Crippen LogP contribution in [0.15, 0.2) is 35.2 Å². The van der Waals surface area contributed by atoms with Crippen molar-refractivity contribution in [2.75, 3.05) is 0 Å². The highest BCUT2D eigenvalue weighted by atomic mass is 32.2. The molecule has 15 heavy (non-hydrogen) atoms. The number of benzene rings is 1. The highest BCUT2D eigenvalue weighted by molar-refractivity contribution is 7.86. The third-order valence-corrected chi connectivity index (χ3v) is 3.04. The van der Waals surface area contributed by atoms with Gasteiger partial charge < -0.3 is 5.11 Å². The van der Waals surface area contributed by atoms with Crippen molar-refractivity contribution >= 4 is 16.1 Å². The number of rotatable bonds is 4. The molecule has 0 aromatic heterocycles. The summed E-state index contributed by atoms with van der Waals surface area (Å²) in [7, 11) is -3.99. The number of carbonyl (C=O) groups is 1. The molecule has 1 N–H and O–H groups in total. The minimum Gasteiger partial charge on any atom is -0.479 e. The quantitative estimate of drug-likeness (QED) is 0.776. The number of carboxylic acids is 1. The van der Waals surface area contributed by atoms with Gasteiger partial charge in [0.05, 0.1) is 4.90 Å². The first-order chi connectivity index (χ1) is 6.93. The van der Waals surface area contributed by atoms with Crippen LogP contribution in [0.25, 0.3) is 0 Å². The first kappa shape index (κ1) is 11.7. The van der Waals surface area contributed by atoms with Crippen molar-refractivity contribution in [2.45, 2.75) is 17.9 Å². The molecule has 6 heteroatoms. The molecule has 0 aliphatic carbocycles. The second-order valence-corrected chi connectivity index (χ2v) is 4.42. The maximum atomic E-state index is 11.5. The minimum atomic E-state index is -3.99. The van der Waals surface area contributed by atoms with Crippen LogP contribution >= 0.6 is 0 Å². The lowest BCUT2D eigenvalue weighted by molar-refractivity contribution is -0.144. The van der Waals surface area contributed by atoms with Crippen LogP contribution in [0.2, 0.25) is 0 Å². The zero-order valence-corrected chi connectivity index (χ0v) is 8.77. The summed E-state index contributed by atoms with van der Waals surface area (Å²) in [5.74, 6) is -1.32. The Hall–Kier alpha value is -1.40. The zero-order chi connectivity index (χ0) is 11.5. The van der Waals surface area contributed by atoms with Crippen LogP contribution in [0.4, 0.5) is 0 Å². The molecule has 0 aliphatic rings. The fourth-order valence-electron chi connectivity index (χ4n) is 0.874. The second-order valence-electron chi connectivity index (χ2n) is 2.84. The zero-order valence-electron chi connectivity index (χ0n) is 7.95. The number of hydrogen-bond acceptors (Lipinski definition) is 4. The first-order valence-corrected chi connectivity index (χ1v) is 5.55. The lowest BCUT2D eigenvalue weighted by atomic mass is 10.4. The Labute approximate surface area is 87.4 Å². The summed E-state index contributed by atoms with van der Waals surface area (Å²) in [6.45, 7) is 1.16. The smallest absolute Gasteiger partial charge is 0.334 e. The van der Waals surface area contributed by atoms with E-state index >= 15 is 0 Å². The molecular formula is C9H10O5S. The van der Waals surface area contributed by atoms with E-state index in [4.69, 9.17) is 5.11 Å². The average molecular weight is 230 g/mol. The Kier molecular flexibility index (Phi) is 3.43. The molecule has 1 aromatic carbocycles. The maximum Gasteiger partial charge on any atom is 0.334 e. The Morgan fingerprint density at radius 2 is 1.87 bits per heavy atom. The van der Waals surface area contributed by atoms with Gasteiger partial charge in [-0.3, -0.25) is 4.18 Å². The lowest BCUT2D eigenvalue weighted by Gasteiger charge is -2.08. The molecule has 1 aromatic rings. The summed E-state index contributed by atoms with van der Waals surface area (Å²) in [5.41, 5.74) is 0. The molecule has 5 nitrogen and oxygen atoms in total. The fraction of sp³-hybridized carbons (Fsp3) is 0.222. The molecule has 1 unspecified atom stereocenters. The molecule has 0 fully saturated rings. The third kappa shape index (κ3) is 3.03. The summed E-state index contributed by atoms with van der Waals surface area (Å²) in [6, 6.07) is 7.39. The van der Waals surface area contributed by atoms with E-state index in [1.165, 1.54) is 24.3 Å². The van der Waals surface area contributed by atoms with Crippen LogP contribution in [0.1, 0.15) is 6.92 Å². The standard InChI is InChI=1S/C9H10O5S/c1-7(9(10)11)14-15(12,13)8-5-3-2-4-6-8/h2-7H,1H3,(H,10,11). The van der Waals surface area contributed by atoms with E-state index in [0.29, 0.717) is 0 Å².